The van der Waals surface area contributed by atoms with Gasteiger partial charge in [0.25, 0.3) is 0 Å². The first-order chi connectivity index (χ1) is 8.24. The molecule has 2 aromatic rings. The van der Waals surface area contributed by atoms with Crippen LogP contribution in [0.1, 0.15) is 24.2 Å². The summed E-state index contributed by atoms with van der Waals surface area (Å²) in [6.07, 6.45) is 4.53. The van der Waals surface area contributed by atoms with Crippen LogP contribution in [0.4, 0.5) is 0 Å². The first-order valence-corrected chi connectivity index (χ1v) is 6.79. The molecular formula is C12H16N4S. The number of aromatic nitrogens is 3. The van der Waals surface area contributed by atoms with Crippen LogP contribution in [0, 0.1) is 6.92 Å². The van der Waals surface area contributed by atoms with Crippen molar-refractivity contribution >= 4 is 11.3 Å². The third-order valence-corrected chi connectivity index (χ3v) is 4.09. The maximum absolute atomic E-state index is 4.66. The zero-order chi connectivity index (χ0) is 11.8. The summed E-state index contributed by atoms with van der Waals surface area (Å²) in [6, 6.07) is 0.736. The molecule has 2 heterocycles. The lowest BCUT2D eigenvalue weighted by molar-refractivity contribution is 0.678. The van der Waals surface area contributed by atoms with Crippen molar-refractivity contribution in [3.63, 3.8) is 0 Å². The van der Waals surface area contributed by atoms with E-state index in [-0.39, 0.29) is 0 Å². The lowest BCUT2D eigenvalue weighted by atomic mass is 10.3. The van der Waals surface area contributed by atoms with E-state index in [0.717, 1.165) is 28.9 Å². The van der Waals surface area contributed by atoms with Crippen LogP contribution < -0.4 is 5.32 Å². The molecule has 0 aliphatic heterocycles. The molecule has 2 aromatic heterocycles. The molecule has 0 atom stereocenters. The zero-order valence-corrected chi connectivity index (χ0v) is 10.9. The summed E-state index contributed by atoms with van der Waals surface area (Å²) in [5.41, 5.74) is 3.45. The van der Waals surface area contributed by atoms with Crippen LogP contribution in [0.2, 0.25) is 0 Å². The van der Waals surface area contributed by atoms with Crippen molar-refractivity contribution in [2.24, 2.45) is 7.05 Å². The van der Waals surface area contributed by atoms with Crippen LogP contribution in [-0.2, 0) is 13.6 Å². The van der Waals surface area contributed by atoms with Gasteiger partial charge in [-0.15, -0.1) is 11.3 Å². The molecule has 1 saturated carbocycles. The molecule has 1 fully saturated rings. The number of rotatable bonds is 4. The second-order valence-electron chi connectivity index (χ2n) is 4.57. The standard InChI is InChI=1S/C12H16N4S/c1-8-11(6-14-16(8)2)12-15-10(7-17-12)5-13-9-3-4-9/h6-7,9,13H,3-5H2,1-2H3. The number of hydrogen-bond acceptors (Lipinski definition) is 4. The predicted octanol–water partition coefficient (Wildman–Crippen LogP) is 2.10. The molecule has 17 heavy (non-hydrogen) atoms. The molecule has 3 rings (SSSR count). The Bertz CT molecular complexity index is 524. The van der Waals surface area contributed by atoms with Crippen molar-refractivity contribution in [2.75, 3.05) is 0 Å². The lowest BCUT2D eigenvalue weighted by Gasteiger charge is -1.98. The number of hydrogen-bond donors (Lipinski definition) is 1. The molecule has 90 valence electrons. The van der Waals surface area contributed by atoms with Crippen molar-refractivity contribution in [1.29, 1.82) is 0 Å². The molecule has 0 unspecified atom stereocenters. The van der Waals surface area contributed by atoms with E-state index in [1.165, 1.54) is 18.5 Å². The van der Waals surface area contributed by atoms with Gasteiger partial charge in [0.05, 0.1) is 17.5 Å². The number of nitrogens with zero attached hydrogens (tertiary/aromatic N) is 3. The van der Waals surface area contributed by atoms with E-state index < -0.39 is 0 Å². The highest BCUT2D eigenvalue weighted by molar-refractivity contribution is 7.13. The molecule has 4 nitrogen and oxygen atoms in total. The molecule has 0 bridgehead atoms. The number of nitrogens with one attached hydrogen (secondary N) is 1. The maximum Gasteiger partial charge on any atom is 0.127 e. The van der Waals surface area contributed by atoms with Crippen LogP contribution in [0.5, 0.6) is 0 Å². The molecule has 0 saturated heterocycles. The molecule has 0 amide bonds. The first kappa shape index (κ1) is 10.9. The van der Waals surface area contributed by atoms with Gasteiger partial charge in [0, 0.05) is 30.7 Å². The SMILES string of the molecule is Cc1c(-c2nc(CNC3CC3)cs2)cnn1C. The summed E-state index contributed by atoms with van der Waals surface area (Å²) in [7, 11) is 1.96. The second-order valence-corrected chi connectivity index (χ2v) is 5.42. The summed E-state index contributed by atoms with van der Waals surface area (Å²) in [6.45, 7) is 2.96. The Morgan fingerprint density at radius 1 is 1.53 bits per heavy atom. The molecule has 0 radical (unpaired) electrons. The molecule has 1 aliphatic carbocycles. The third kappa shape index (κ3) is 2.25. The minimum absolute atomic E-state index is 0.736. The smallest absolute Gasteiger partial charge is 0.127 e. The predicted molar refractivity (Wildman–Crippen MR) is 68.9 cm³/mol. The van der Waals surface area contributed by atoms with Gasteiger partial charge < -0.3 is 5.32 Å². The quantitative estimate of drug-likeness (QED) is 0.901. The monoisotopic (exact) mass is 248 g/mol. The molecule has 5 heteroatoms. The summed E-state index contributed by atoms with van der Waals surface area (Å²) >= 11 is 1.70. The highest BCUT2D eigenvalue weighted by Gasteiger charge is 2.20. The highest BCUT2D eigenvalue weighted by Crippen LogP contribution is 2.26. The second kappa shape index (κ2) is 4.23. The van der Waals surface area contributed by atoms with Crippen molar-refractivity contribution in [3.05, 3.63) is 23.0 Å². The van der Waals surface area contributed by atoms with E-state index in [1.807, 2.05) is 17.9 Å². The molecular weight excluding hydrogens is 232 g/mol. The van der Waals surface area contributed by atoms with Crippen LogP contribution in [0.3, 0.4) is 0 Å². The van der Waals surface area contributed by atoms with Gasteiger partial charge in [0.15, 0.2) is 0 Å². The summed E-state index contributed by atoms with van der Waals surface area (Å²) < 4.78 is 1.89. The van der Waals surface area contributed by atoms with Crippen LogP contribution in [0.25, 0.3) is 10.6 Å². The van der Waals surface area contributed by atoms with Crippen LogP contribution >= 0.6 is 11.3 Å². The van der Waals surface area contributed by atoms with E-state index in [4.69, 9.17) is 0 Å². The summed E-state index contributed by atoms with van der Waals surface area (Å²) in [4.78, 5) is 4.66. The fraction of sp³-hybridized carbons (Fsp3) is 0.500. The van der Waals surface area contributed by atoms with Gasteiger partial charge in [-0.1, -0.05) is 0 Å². The van der Waals surface area contributed by atoms with Crippen molar-refractivity contribution in [1.82, 2.24) is 20.1 Å². The zero-order valence-electron chi connectivity index (χ0n) is 10.1. The number of thiazole rings is 1. The third-order valence-electron chi connectivity index (χ3n) is 3.17. The van der Waals surface area contributed by atoms with Gasteiger partial charge in [0.1, 0.15) is 5.01 Å². The Kier molecular flexibility index (Phi) is 2.72. The fourth-order valence-electron chi connectivity index (χ4n) is 1.76. The average Bonchev–Trinajstić information content (AvgIpc) is 2.95. The van der Waals surface area contributed by atoms with Gasteiger partial charge in [-0.25, -0.2) is 4.98 Å². The summed E-state index contributed by atoms with van der Waals surface area (Å²) in [5.74, 6) is 0. The van der Waals surface area contributed by atoms with E-state index in [9.17, 15) is 0 Å². The van der Waals surface area contributed by atoms with Gasteiger partial charge in [-0.2, -0.15) is 5.10 Å². The minimum atomic E-state index is 0.736. The topological polar surface area (TPSA) is 42.7 Å². The van der Waals surface area contributed by atoms with Gasteiger partial charge >= 0.3 is 0 Å². The summed E-state index contributed by atoms with van der Waals surface area (Å²) in [5, 5.41) is 10.9. The van der Waals surface area contributed by atoms with Gasteiger partial charge in [0.2, 0.25) is 0 Å². The molecule has 0 aromatic carbocycles. The molecule has 0 spiro atoms. The van der Waals surface area contributed by atoms with Crippen LogP contribution in [-0.4, -0.2) is 20.8 Å². The average molecular weight is 248 g/mol. The Morgan fingerprint density at radius 2 is 2.35 bits per heavy atom. The highest BCUT2D eigenvalue weighted by atomic mass is 32.1. The van der Waals surface area contributed by atoms with Gasteiger partial charge in [-0.3, -0.25) is 4.68 Å². The maximum atomic E-state index is 4.66. The van der Waals surface area contributed by atoms with Crippen molar-refractivity contribution < 1.29 is 0 Å². The van der Waals surface area contributed by atoms with Crippen molar-refractivity contribution in [3.8, 4) is 10.6 Å². The number of aryl methyl sites for hydroxylation is 1. The Morgan fingerprint density at radius 3 is 3.00 bits per heavy atom. The Hall–Kier alpha value is -1.20. The Labute approximate surface area is 105 Å². The lowest BCUT2D eigenvalue weighted by Crippen LogP contribution is -2.15. The minimum Gasteiger partial charge on any atom is -0.308 e. The normalized spacial score (nSPS) is 15.4. The van der Waals surface area contributed by atoms with Gasteiger partial charge in [-0.05, 0) is 19.8 Å². The van der Waals surface area contributed by atoms with E-state index in [0.29, 0.717) is 0 Å². The molecule has 1 aliphatic rings. The van der Waals surface area contributed by atoms with E-state index in [2.05, 4.69) is 27.7 Å². The Balaban J connectivity index is 1.76. The van der Waals surface area contributed by atoms with Crippen LogP contribution in [0.15, 0.2) is 11.6 Å². The van der Waals surface area contributed by atoms with E-state index in [1.54, 1.807) is 11.3 Å². The fourth-order valence-corrected chi connectivity index (χ4v) is 2.64. The largest absolute Gasteiger partial charge is 0.308 e. The van der Waals surface area contributed by atoms with Crippen molar-refractivity contribution in [2.45, 2.75) is 32.4 Å². The molecule has 1 N–H and O–H groups in total. The van der Waals surface area contributed by atoms with E-state index >= 15 is 0 Å². The first-order valence-electron chi connectivity index (χ1n) is 5.91.